The average Bonchev–Trinajstić information content (AvgIpc) is 2.76. The molecule has 4 heteroatoms. The van der Waals surface area contributed by atoms with Crippen LogP contribution in [0.15, 0.2) is 12.3 Å². The van der Waals surface area contributed by atoms with Crippen molar-refractivity contribution in [3.8, 4) is 0 Å². The third kappa shape index (κ3) is 3.97. The first kappa shape index (κ1) is 13.9. The van der Waals surface area contributed by atoms with E-state index < -0.39 is 0 Å². The van der Waals surface area contributed by atoms with E-state index in [9.17, 15) is 4.79 Å². The second kappa shape index (κ2) is 6.55. The van der Waals surface area contributed by atoms with Gasteiger partial charge in [0.1, 0.15) is 6.10 Å². The Morgan fingerprint density at radius 2 is 2.18 bits per heavy atom. The Morgan fingerprint density at radius 1 is 1.47 bits per heavy atom. The maximum absolute atomic E-state index is 11.8. The average molecular weight is 238 g/mol. The van der Waals surface area contributed by atoms with E-state index in [2.05, 4.69) is 18.9 Å². The van der Waals surface area contributed by atoms with E-state index in [0.717, 1.165) is 12.1 Å². The van der Waals surface area contributed by atoms with Gasteiger partial charge in [-0.15, -0.1) is 0 Å². The molecule has 0 N–H and O–H groups in total. The number of hydrogen-bond donors (Lipinski definition) is 0. The fourth-order valence-electron chi connectivity index (χ4n) is 1.57. The maximum atomic E-state index is 11.8. The third-order valence-corrected chi connectivity index (χ3v) is 2.93. The van der Waals surface area contributed by atoms with E-state index in [1.807, 2.05) is 23.9 Å². The summed E-state index contributed by atoms with van der Waals surface area (Å²) in [5, 5.41) is 4.40. The fourth-order valence-corrected chi connectivity index (χ4v) is 1.57. The van der Waals surface area contributed by atoms with E-state index in [-0.39, 0.29) is 11.9 Å². The molecule has 96 valence electrons. The molecule has 0 saturated carbocycles. The molecule has 1 aromatic rings. The first-order chi connectivity index (χ1) is 8.08. The minimum Gasteiger partial charge on any atom is -0.371 e. The number of hydrogen-bond acceptors (Lipinski definition) is 3. The van der Waals surface area contributed by atoms with Crippen LogP contribution < -0.4 is 0 Å². The number of nitrogens with zero attached hydrogens (tertiary/aromatic N) is 2. The number of Topliss-reactive ketones (excluding diaryl/α,β-unsaturated/α-hetero) is 1. The molecule has 0 saturated heterocycles. The highest BCUT2D eigenvalue weighted by Crippen LogP contribution is 2.10. The zero-order chi connectivity index (χ0) is 12.8. The lowest BCUT2D eigenvalue weighted by atomic mass is 10.1. The predicted octanol–water partition coefficient (Wildman–Crippen LogP) is 2.39. The summed E-state index contributed by atoms with van der Waals surface area (Å²) in [5.74, 6) is 0.0845. The predicted molar refractivity (Wildman–Crippen MR) is 67.0 cm³/mol. The van der Waals surface area contributed by atoms with Crippen LogP contribution in [0.5, 0.6) is 0 Å². The van der Waals surface area contributed by atoms with Gasteiger partial charge in [-0.1, -0.05) is 6.92 Å². The lowest BCUT2D eigenvalue weighted by Gasteiger charge is -2.10. The Labute approximate surface area is 103 Å². The van der Waals surface area contributed by atoms with Crippen LogP contribution in [0.3, 0.4) is 0 Å². The summed E-state index contributed by atoms with van der Waals surface area (Å²) in [7, 11) is 0. The lowest BCUT2D eigenvalue weighted by molar-refractivity contribution is -0.128. The largest absolute Gasteiger partial charge is 0.371 e. The molecule has 0 aliphatic carbocycles. The van der Waals surface area contributed by atoms with Gasteiger partial charge in [-0.25, -0.2) is 0 Å². The highest BCUT2D eigenvalue weighted by Gasteiger charge is 2.15. The minimum absolute atomic E-state index is 0.0845. The van der Waals surface area contributed by atoms with Gasteiger partial charge in [0.25, 0.3) is 0 Å². The molecule has 0 aromatic carbocycles. The fraction of sp³-hybridized carbons (Fsp3) is 0.692. The molecule has 17 heavy (non-hydrogen) atoms. The van der Waals surface area contributed by atoms with Gasteiger partial charge in [0.2, 0.25) is 0 Å². The minimum atomic E-state index is -0.339. The molecule has 0 spiro atoms. The van der Waals surface area contributed by atoms with Crippen LogP contribution in [-0.2, 0) is 16.0 Å². The van der Waals surface area contributed by atoms with Gasteiger partial charge >= 0.3 is 0 Å². The van der Waals surface area contributed by atoms with Crippen LogP contribution in [0, 0.1) is 0 Å². The number of ether oxygens (including phenoxy) is 1. The molecule has 0 radical (unpaired) electrons. The van der Waals surface area contributed by atoms with Gasteiger partial charge in [0.15, 0.2) is 5.78 Å². The van der Waals surface area contributed by atoms with Crippen molar-refractivity contribution in [1.29, 1.82) is 0 Å². The van der Waals surface area contributed by atoms with Gasteiger partial charge in [-0.05, 0) is 33.3 Å². The Balaban J connectivity index is 2.57. The quantitative estimate of drug-likeness (QED) is 0.732. The molecule has 1 aromatic heterocycles. The van der Waals surface area contributed by atoms with Crippen LogP contribution in [0.4, 0.5) is 0 Å². The van der Waals surface area contributed by atoms with Crippen LogP contribution >= 0.6 is 0 Å². The Hall–Kier alpha value is -1.16. The zero-order valence-electron chi connectivity index (χ0n) is 11.1. The van der Waals surface area contributed by atoms with E-state index in [4.69, 9.17) is 4.74 Å². The molecule has 2 atom stereocenters. The third-order valence-electron chi connectivity index (χ3n) is 2.93. The number of carbonyl (C=O) groups is 1. The molecule has 2 unspecified atom stereocenters. The van der Waals surface area contributed by atoms with Crippen molar-refractivity contribution in [3.63, 3.8) is 0 Å². The Kier molecular flexibility index (Phi) is 5.35. The second-order valence-electron chi connectivity index (χ2n) is 4.29. The monoisotopic (exact) mass is 238 g/mol. The van der Waals surface area contributed by atoms with E-state index in [0.29, 0.717) is 19.1 Å². The highest BCUT2D eigenvalue weighted by molar-refractivity contribution is 5.84. The summed E-state index contributed by atoms with van der Waals surface area (Å²) in [5.41, 5.74) is 0.821. The molecular formula is C13H22N2O2. The summed E-state index contributed by atoms with van der Waals surface area (Å²) in [4.78, 5) is 11.8. The SMILES string of the molecule is CCOC(C)C(=O)Cc1ccn(C(C)CC)n1. The molecule has 0 amide bonds. The van der Waals surface area contributed by atoms with Crippen molar-refractivity contribution in [1.82, 2.24) is 9.78 Å². The number of ketones is 1. The molecule has 0 aliphatic heterocycles. The number of rotatable bonds is 7. The zero-order valence-corrected chi connectivity index (χ0v) is 11.1. The summed E-state index contributed by atoms with van der Waals surface area (Å²) in [6.07, 6.45) is 2.98. The van der Waals surface area contributed by atoms with Crippen molar-refractivity contribution in [2.75, 3.05) is 6.61 Å². The Morgan fingerprint density at radius 3 is 2.76 bits per heavy atom. The summed E-state index contributed by atoms with van der Waals surface area (Å²) in [6.45, 7) is 8.48. The van der Waals surface area contributed by atoms with E-state index >= 15 is 0 Å². The van der Waals surface area contributed by atoms with E-state index in [1.165, 1.54) is 0 Å². The molecule has 4 nitrogen and oxygen atoms in total. The van der Waals surface area contributed by atoms with E-state index in [1.54, 1.807) is 6.92 Å². The van der Waals surface area contributed by atoms with Gasteiger partial charge in [0, 0.05) is 18.8 Å². The van der Waals surface area contributed by atoms with Gasteiger partial charge in [-0.2, -0.15) is 5.10 Å². The summed E-state index contributed by atoms with van der Waals surface area (Å²) >= 11 is 0. The van der Waals surface area contributed by atoms with Gasteiger partial charge < -0.3 is 4.74 Å². The van der Waals surface area contributed by atoms with Gasteiger partial charge in [0.05, 0.1) is 12.1 Å². The van der Waals surface area contributed by atoms with Gasteiger partial charge in [-0.3, -0.25) is 9.48 Å². The molecule has 0 fully saturated rings. The second-order valence-corrected chi connectivity index (χ2v) is 4.29. The maximum Gasteiger partial charge on any atom is 0.167 e. The van der Waals surface area contributed by atoms with Crippen molar-refractivity contribution in [2.45, 2.75) is 52.7 Å². The summed E-state index contributed by atoms with van der Waals surface area (Å²) < 4.78 is 7.18. The van der Waals surface area contributed by atoms with Crippen LogP contribution in [-0.4, -0.2) is 28.3 Å². The van der Waals surface area contributed by atoms with Crippen molar-refractivity contribution >= 4 is 5.78 Å². The molecule has 0 bridgehead atoms. The van der Waals surface area contributed by atoms with Crippen molar-refractivity contribution in [2.24, 2.45) is 0 Å². The standard InChI is InChI=1S/C13H22N2O2/c1-5-10(3)15-8-7-12(14-15)9-13(16)11(4)17-6-2/h7-8,10-11H,5-6,9H2,1-4H3. The van der Waals surface area contributed by atoms with Crippen molar-refractivity contribution in [3.05, 3.63) is 18.0 Å². The smallest absolute Gasteiger partial charge is 0.167 e. The molecule has 0 aliphatic rings. The first-order valence-electron chi connectivity index (χ1n) is 6.26. The first-order valence-corrected chi connectivity index (χ1v) is 6.26. The lowest BCUT2D eigenvalue weighted by Crippen LogP contribution is -2.22. The molecule has 1 rings (SSSR count). The number of carbonyl (C=O) groups excluding carboxylic acids is 1. The summed E-state index contributed by atoms with van der Waals surface area (Å²) in [6, 6.07) is 2.28. The van der Waals surface area contributed by atoms with Crippen LogP contribution in [0.25, 0.3) is 0 Å². The van der Waals surface area contributed by atoms with Crippen LogP contribution in [0.1, 0.15) is 45.9 Å². The van der Waals surface area contributed by atoms with Crippen LogP contribution in [0.2, 0.25) is 0 Å². The highest BCUT2D eigenvalue weighted by atomic mass is 16.5. The molecular weight excluding hydrogens is 216 g/mol. The molecule has 1 heterocycles. The van der Waals surface area contributed by atoms with Crippen molar-refractivity contribution < 1.29 is 9.53 Å². The Bertz CT molecular complexity index is 360. The normalized spacial score (nSPS) is 14.6. The topological polar surface area (TPSA) is 44.1 Å². The number of aromatic nitrogens is 2.